The van der Waals surface area contributed by atoms with Crippen LogP contribution in [0.1, 0.15) is 34.1 Å². The van der Waals surface area contributed by atoms with Gasteiger partial charge in [0, 0.05) is 11.1 Å². The van der Waals surface area contributed by atoms with Gasteiger partial charge in [-0.25, -0.2) is 0 Å². The van der Waals surface area contributed by atoms with E-state index in [9.17, 15) is 19.5 Å². The number of carbonyl (C=O) groups excluding carboxylic acids is 3. The highest BCUT2D eigenvalue weighted by atomic mass is 16.5. The maximum absolute atomic E-state index is 11.9. The summed E-state index contributed by atoms with van der Waals surface area (Å²) in [5.41, 5.74) is 5.68. The van der Waals surface area contributed by atoms with E-state index in [0.29, 0.717) is 5.56 Å². The second-order valence-electron chi connectivity index (χ2n) is 4.30. The number of nitrogens with one attached hydrogen (secondary N) is 1. The van der Waals surface area contributed by atoms with Gasteiger partial charge < -0.3 is 20.9 Å². The van der Waals surface area contributed by atoms with Gasteiger partial charge in [-0.2, -0.15) is 0 Å². The number of benzene rings is 1. The quantitative estimate of drug-likeness (QED) is 0.603. The van der Waals surface area contributed by atoms with Crippen LogP contribution in [0.2, 0.25) is 0 Å². The Kier molecular flexibility index (Phi) is 6.35. The van der Waals surface area contributed by atoms with Gasteiger partial charge in [0.1, 0.15) is 0 Å². The number of aliphatic hydroxyl groups excluding tert-OH is 1. The summed E-state index contributed by atoms with van der Waals surface area (Å²) >= 11 is 0. The molecule has 0 saturated carbocycles. The van der Waals surface area contributed by atoms with E-state index < -0.39 is 23.8 Å². The molecule has 0 fully saturated rings. The molecule has 0 bridgehead atoms. The van der Waals surface area contributed by atoms with Crippen molar-refractivity contribution in [1.29, 1.82) is 0 Å². The van der Waals surface area contributed by atoms with E-state index >= 15 is 0 Å². The van der Waals surface area contributed by atoms with Crippen LogP contribution < -0.4 is 11.1 Å². The zero-order chi connectivity index (χ0) is 15.8. The van der Waals surface area contributed by atoms with Gasteiger partial charge >= 0.3 is 5.97 Å². The van der Waals surface area contributed by atoms with Crippen molar-refractivity contribution in [3.8, 4) is 0 Å². The minimum atomic E-state index is -0.729. The topological polar surface area (TPSA) is 119 Å². The third kappa shape index (κ3) is 5.23. The van der Waals surface area contributed by atoms with Crippen LogP contribution in [-0.4, -0.2) is 42.1 Å². The number of nitrogens with two attached hydrogens (primary N) is 1. The van der Waals surface area contributed by atoms with Crippen LogP contribution in [0.25, 0.3) is 0 Å². The molecule has 21 heavy (non-hydrogen) atoms. The molecule has 0 heterocycles. The Labute approximate surface area is 122 Å². The van der Waals surface area contributed by atoms with Gasteiger partial charge in [-0.05, 0) is 31.2 Å². The molecule has 0 aliphatic heterocycles. The average molecular weight is 294 g/mol. The van der Waals surface area contributed by atoms with Crippen molar-refractivity contribution in [3.05, 3.63) is 35.4 Å². The molecular weight excluding hydrogens is 276 g/mol. The predicted molar refractivity (Wildman–Crippen MR) is 74.5 cm³/mol. The summed E-state index contributed by atoms with van der Waals surface area (Å²) in [6.07, 6.45) is -0.116. The molecule has 1 aromatic rings. The predicted octanol–water partition coefficient (Wildman–Crippen LogP) is -0.171. The lowest BCUT2D eigenvalue weighted by Gasteiger charge is -2.15. The summed E-state index contributed by atoms with van der Waals surface area (Å²) in [6.45, 7) is 1.52. The van der Waals surface area contributed by atoms with Gasteiger partial charge in [0.05, 0.1) is 25.7 Å². The van der Waals surface area contributed by atoms with Crippen molar-refractivity contribution >= 4 is 17.8 Å². The third-order valence-electron chi connectivity index (χ3n) is 2.71. The molecule has 1 rings (SSSR count). The summed E-state index contributed by atoms with van der Waals surface area (Å²) in [5, 5.41) is 11.7. The summed E-state index contributed by atoms with van der Waals surface area (Å²) in [7, 11) is 0. The van der Waals surface area contributed by atoms with Crippen molar-refractivity contribution < 1.29 is 24.2 Å². The van der Waals surface area contributed by atoms with Crippen LogP contribution in [0.15, 0.2) is 24.3 Å². The van der Waals surface area contributed by atoms with Crippen LogP contribution in [0.4, 0.5) is 0 Å². The molecule has 0 aliphatic rings. The van der Waals surface area contributed by atoms with E-state index in [1.54, 1.807) is 6.92 Å². The lowest BCUT2D eigenvalue weighted by molar-refractivity contribution is -0.143. The van der Waals surface area contributed by atoms with Crippen molar-refractivity contribution in [3.63, 3.8) is 0 Å². The first-order chi connectivity index (χ1) is 9.97. The van der Waals surface area contributed by atoms with Crippen LogP contribution in [0.5, 0.6) is 0 Å². The smallest absolute Gasteiger partial charge is 0.307 e. The number of esters is 1. The SMILES string of the molecule is CCOC(=O)C[C@H](CO)NC(=O)c1ccc(C(N)=O)cc1. The van der Waals surface area contributed by atoms with Crippen molar-refractivity contribution in [2.45, 2.75) is 19.4 Å². The van der Waals surface area contributed by atoms with Crippen molar-refractivity contribution in [2.75, 3.05) is 13.2 Å². The first-order valence-electron chi connectivity index (χ1n) is 6.45. The van der Waals surface area contributed by atoms with Gasteiger partial charge in [-0.15, -0.1) is 0 Å². The van der Waals surface area contributed by atoms with E-state index in [1.807, 2.05) is 0 Å². The first-order valence-corrected chi connectivity index (χ1v) is 6.45. The van der Waals surface area contributed by atoms with Gasteiger partial charge in [0.2, 0.25) is 5.91 Å². The van der Waals surface area contributed by atoms with Gasteiger partial charge in [0.15, 0.2) is 0 Å². The second-order valence-corrected chi connectivity index (χ2v) is 4.30. The number of carbonyl (C=O) groups is 3. The molecule has 0 aliphatic carbocycles. The van der Waals surface area contributed by atoms with E-state index in [0.717, 1.165) is 0 Å². The molecule has 4 N–H and O–H groups in total. The summed E-state index contributed by atoms with van der Waals surface area (Å²) in [6, 6.07) is 5.00. The number of rotatable bonds is 7. The van der Waals surface area contributed by atoms with Crippen LogP contribution in [-0.2, 0) is 9.53 Å². The monoisotopic (exact) mass is 294 g/mol. The molecule has 0 unspecified atom stereocenters. The number of amides is 2. The maximum Gasteiger partial charge on any atom is 0.307 e. The standard InChI is InChI=1S/C14H18N2O5/c1-2-21-12(18)7-11(8-17)16-14(20)10-5-3-9(4-6-10)13(15)19/h3-6,11,17H,2,7-8H2,1H3,(H2,15,19)(H,16,20)/t11-/m1/s1. The number of hydrogen-bond donors (Lipinski definition) is 3. The maximum atomic E-state index is 11.9. The Balaban J connectivity index is 2.65. The van der Waals surface area contributed by atoms with E-state index in [1.165, 1.54) is 24.3 Å². The Morgan fingerprint density at radius 3 is 2.29 bits per heavy atom. The summed E-state index contributed by atoms with van der Waals surface area (Å²) in [5.74, 6) is -1.55. The highest BCUT2D eigenvalue weighted by Gasteiger charge is 2.17. The molecule has 0 saturated heterocycles. The Morgan fingerprint density at radius 1 is 1.24 bits per heavy atom. The van der Waals surface area contributed by atoms with Crippen molar-refractivity contribution in [2.24, 2.45) is 5.73 Å². The van der Waals surface area contributed by atoms with E-state index in [-0.39, 0.29) is 25.2 Å². The molecule has 114 valence electrons. The van der Waals surface area contributed by atoms with Crippen LogP contribution >= 0.6 is 0 Å². The lowest BCUT2D eigenvalue weighted by atomic mass is 10.1. The Morgan fingerprint density at radius 2 is 1.81 bits per heavy atom. The van der Waals surface area contributed by atoms with Gasteiger partial charge in [-0.3, -0.25) is 14.4 Å². The van der Waals surface area contributed by atoms with E-state index in [4.69, 9.17) is 10.5 Å². The number of hydrogen-bond acceptors (Lipinski definition) is 5. The molecule has 0 spiro atoms. The second kappa shape index (κ2) is 8.01. The fourth-order valence-electron chi connectivity index (χ4n) is 1.64. The molecular formula is C14H18N2O5. The first kappa shape index (κ1) is 16.6. The average Bonchev–Trinajstić information content (AvgIpc) is 2.46. The molecule has 0 aromatic heterocycles. The lowest BCUT2D eigenvalue weighted by Crippen LogP contribution is -2.39. The number of aliphatic hydroxyl groups is 1. The number of ether oxygens (including phenoxy) is 1. The van der Waals surface area contributed by atoms with Gasteiger partial charge in [0.25, 0.3) is 5.91 Å². The van der Waals surface area contributed by atoms with E-state index in [2.05, 4.69) is 5.32 Å². The zero-order valence-corrected chi connectivity index (χ0v) is 11.7. The van der Waals surface area contributed by atoms with Crippen LogP contribution in [0.3, 0.4) is 0 Å². The molecule has 1 atom stereocenters. The Bertz CT molecular complexity index is 513. The highest BCUT2D eigenvalue weighted by molar-refractivity contribution is 5.97. The Hall–Kier alpha value is -2.41. The third-order valence-corrected chi connectivity index (χ3v) is 2.71. The minimum absolute atomic E-state index is 0.116. The molecule has 7 heteroatoms. The summed E-state index contributed by atoms with van der Waals surface area (Å²) in [4.78, 5) is 34.2. The number of primary amides is 1. The molecule has 7 nitrogen and oxygen atoms in total. The fraction of sp³-hybridized carbons (Fsp3) is 0.357. The fourth-order valence-corrected chi connectivity index (χ4v) is 1.64. The minimum Gasteiger partial charge on any atom is -0.466 e. The molecule has 1 aromatic carbocycles. The normalized spacial score (nSPS) is 11.5. The summed E-state index contributed by atoms with van der Waals surface area (Å²) < 4.78 is 4.75. The highest BCUT2D eigenvalue weighted by Crippen LogP contribution is 2.05. The zero-order valence-electron chi connectivity index (χ0n) is 11.7. The van der Waals surface area contributed by atoms with Crippen molar-refractivity contribution in [1.82, 2.24) is 5.32 Å². The largest absolute Gasteiger partial charge is 0.466 e. The molecule has 2 amide bonds. The molecule has 0 radical (unpaired) electrons. The van der Waals surface area contributed by atoms with Crippen LogP contribution in [0, 0.1) is 0 Å². The van der Waals surface area contributed by atoms with Gasteiger partial charge in [-0.1, -0.05) is 0 Å².